The number of carboxylic acid groups (broad SMARTS) is 3. The maximum atomic E-state index is 10.6. The third-order valence-electron chi connectivity index (χ3n) is 1.67. The summed E-state index contributed by atoms with van der Waals surface area (Å²) >= 11 is 0. The van der Waals surface area contributed by atoms with Crippen LogP contribution in [0.3, 0.4) is 0 Å². The maximum Gasteiger partial charge on any atom is 0.335 e. The van der Waals surface area contributed by atoms with Crippen molar-refractivity contribution in [2.24, 2.45) is 0 Å². The van der Waals surface area contributed by atoms with Gasteiger partial charge in [0, 0.05) is 35.6 Å². The van der Waals surface area contributed by atoms with E-state index in [1.54, 1.807) is 0 Å². The van der Waals surface area contributed by atoms with Crippen molar-refractivity contribution in [3.63, 3.8) is 0 Å². The first-order chi connectivity index (χ1) is 6.91. The van der Waals surface area contributed by atoms with Gasteiger partial charge in [0.05, 0.1) is 16.7 Å². The molecule has 0 aliphatic rings. The van der Waals surface area contributed by atoms with Crippen LogP contribution >= 0.6 is 0 Å². The van der Waals surface area contributed by atoms with Gasteiger partial charge in [-0.1, -0.05) is 0 Å². The molecular formula is C9H6LaO6. The van der Waals surface area contributed by atoms with Crippen molar-refractivity contribution < 1.29 is 65.3 Å². The van der Waals surface area contributed by atoms with Gasteiger partial charge in [-0.15, -0.1) is 0 Å². The molecule has 0 aliphatic carbocycles. The van der Waals surface area contributed by atoms with E-state index >= 15 is 0 Å². The summed E-state index contributed by atoms with van der Waals surface area (Å²) in [5, 5.41) is 25.8. The molecule has 0 aromatic heterocycles. The molecule has 0 spiro atoms. The Kier molecular flexibility index (Phi) is 5.36. The molecule has 6 nitrogen and oxygen atoms in total. The first-order valence-corrected chi connectivity index (χ1v) is 3.77. The van der Waals surface area contributed by atoms with Crippen LogP contribution in [0.25, 0.3) is 0 Å². The van der Waals surface area contributed by atoms with Crippen LogP contribution in [0.5, 0.6) is 0 Å². The number of hydrogen-bond donors (Lipinski definition) is 3. The monoisotopic (exact) mass is 349 g/mol. The molecule has 1 aromatic carbocycles. The summed E-state index contributed by atoms with van der Waals surface area (Å²) in [4.78, 5) is 31.7. The normalized spacial score (nSPS) is 9.00. The standard InChI is InChI=1S/C9H6O6.La/c10-7(11)4-1-5(8(12)13)3-6(2-4)9(14)15;/h1-3H,(H,10,11)(H,12,13)(H,14,15);. The topological polar surface area (TPSA) is 112 Å². The van der Waals surface area contributed by atoms with Crippen molar-refractivity contribution in [2.75, 3.05) is 0 Å². The van der Waals surface area contributed by atoms with Gasteiger partial charge in [0.15, 0.2) is 0 Å². The van der Waals surface area contributed by atoms with E-state index < -0.39 is 17.9 Å². The molecule has 0 heterocycles. The average Bonchev–Trinajstić information content (AvgIpc) is 2.16. The van der Waals surface area contributed by atoms with Crippen LogP contribution in [-0.2, 0) is 0 Å². The number of carboxylic acids is 3. The third-order valence-corrected chi connectivity index (χ3v) is 1.67. The summed E-state index contributed by atoms with van der Waals surface area (Å²) in [5.41, 5.74) is -1.10. The summed E-state index contributed by atoms with van der Waals surface area (Å²) in [6.45, 7) is 0. The van der Waals surface area contributed by atoms with Crippen molar-refractivity contribution in [2.45, 2.75) is 0 Å². The summed E-state index contributed by atoms with van der Waals surface area (Å²) in [6, 6.07) is 2.70. The molecule has 1 aromatic rings. The van der Waals surface area contributed by atoms with Crippen molar-refractivity contribution in [3.05, 3.63) is 34.9 Å². The second kappa shape index (κ2) is 5.79. The van der Waals surface area contributed by atoms with Crippen molar-refractivity contribution in [3.8, 4) is 0 Å². The van der Waals surface area contributed by atoms with E-state index in [4.69, 9.17) is 15.3 Å². The fraction of sp³-hybridized carbons (Fsp3) is 0. The molecule has 0 saturated heterocycles. The molecule has 0 unspecified atom stereocenters. The third kappa shape index (κ3) is 3.44. The van der Waals surface area contributed by atoms with Gasteiger partial charge in [0.2, 0.25) is 0 Å². The van der Waals surface area contributed by atoms with E-state index in [2.05, 4.69) is 0 Å². The molecule has 0 saturated carbocycles. The predicted octanol–water partition coefficient (Wildman–Crippen LogP) is 0.781. The van der Waals surface area contributed by atoms with Crippen LogP contribution < -0.4 is 0 Å². The Morgan fingerprint density at radius 1 is 0.688 bits per heavy atom. The molecule has 0 atom stereocenters. The fourth-order valence-corrected chi connectivity index (χ4v) is 0.998. The number of carbonyl (C=O) groups is 3. The molecule has 0 fully saturated rings. The quantitative estimate of drug-likeness (QED) is 0.744. The van der Waals surface area contributed by atoms with Gasteiger partial charge in [-0.05, 0) is 18.2 Å². The van der Waals surface area contributed by atoms with Gasteiger partial charge >= 0.3 is 17.9 Å². The second-order valence-electron chi connectivity index (χ2n) is 2.71. The summed E-state index contributed by atoms with van der Waals surface area (Å²) < 4.78 is 0. The van der Waals surface area contributed by atoms with E-state index in [0.29, 0.717) is 0 Å². The first-order valence-electron chi connectivity index (χ1n) is 3.77. The Morgan fingerprint density at radius 2 is 0.875 bits per heavy atom. The average molecular weight is 349 g/mol. The molecule has 1 radical (unpaired) electrons. The first kappa shape index (κ1) is 14.8. The Hall–Kier alpha value is -1.18. The SMILES string of the molecule is O=C(O)c1cc(C(=O)O)cc(C(=O)O)c1.[La]. The summed E-state index contributed by atoms with van der Waals surface area (Å²) in [6.07, 6.45) is 0. The van der Waals surface area contributed by atoms with Crippen molar-refractivity contribution in [1.29, 1.82) is 0 Å². The Labute approximate surface area is 117 Å². The van der Waals surface area contributed by atoms with Crippen LogP contribution in [0, 0.1) is 35.6 Å². The molecule has 7 heteroatoms. The van der Waals surface area contributed by atoms with E-state index in [1.807, 2.05) is 0 Å². The zero-order valence-electron chi connectivity index (χ0n) is 7.88. The smallest absolute Gasteiger partial charge is 0.335 e. The Bertz CT molecular complexity index is 374. The van der Waals surface area contributed by atoms with E-state index in [-0.39, 0.29) is 52.3 Å². The fourth-order valence-electron chi connectivity index (χ4n) is 0.998. The maximum absolute atomic E-state index is 10.6. The largest absolute Gasteiger partial charge is 0.478 e. The molecule has 0 aliphatic heterocycles. The van der Waals surface area contributed by atoms with Gasteiger partial charge in [-0.3, -0.25) is 0 Å². The van der Waals surface area contributed by atoms with Gasteiger partial charge in [-0.25, -0.2) is 14.4 Å². The molecule has 0 amide bonds. The summed E-state index contributed by atoms with van der Waals surface area (Å²) in [7, 11) is 0. The minimum absolute atomic E-state index is 0. The van der Waals surface area contributed by atoms with Crippen LogP contribution in [0.2, 0.25) is 0 Å². The zero-order chi connectivity index (χ0) is 11.6. The minimum Gasteiger partial charge on any atom is -0.478 e. The van der Waals surface area contributed by atoms with E-state index in [0.717, 1.165) is 18.2 Å². The molecule has 81 valence electrons. The second-order valence-corrected chi connectivity index (χ2v) is 2.71. The number of aromatic carboxylic acids is 3. The Morgan fingerprint density at radius 3 is 1.00 bits per heavy atom. The van der Waals surface area contributed by atoms with Crippen molar-refractivity contribution in [1.82, 2.24) is 0 Å². The number of hydrogen-bond acceptors (Lipinski definition) is 3. The van der Waals surface area contributed by atoms with Crippen LogP contribution in [0.4, 0.5) is 0 Å². The predicted molar refractivity (Wildman–Crippen MR) is 47.3 cm³/mol. The minimum atomic E-state index is -1.37. The molecule has 3 N–H and O–H groups in total. The van der Waals surface area contributed by atoms with E-state index in [9.17, 15) is 14.4 Å². The van der Waals surface area contributed by atoms with Crippen LogP contribution in [-0.4, -0.2) is 33.2 Å². The molecule has 1 rings (SSSR count). The van der Waals surface area contributed by atoms with E-state index in [1.165, 1.54) is 0 Å². The molecule has 16 heavy (non-hydrogen) atoms. The number of benzene rings is 1. The number of rotatable bonds is 3. The van der Waals surface area contributed by atoms with Crippen LogP contribution in [0.1, 0.15) is 31.1 Å². The Balaban J connectivity index is 0.00000225. The van der Waals surface area contributed by atoms with Gasteiger partial charge in [-0.2, -0.15) is 0 Å². The van der Waals surface area contributed by atoms with Crippen LogP contribution in [0.15, 0.2) is 18.2 Å². The van der Waals surface area contributed by atoms with Gasteiger partial charge < -0.3 is 15.3 Å². The summed E-state index contributed by atoms with van der Waals surface area (Å²) in [5.74, 6) is -4.12. The molecular weight excluding hydrogens is 343 g/mol. The van der Waals surface area contributed by atoms with Crippen molar-refractivity contribution >= 4 is 17.9 Å². The van der Waals surface area contributed by atoms with Gasteiger partial charge in [0.1, 0.15) is 0 Å². The molecule has 0 bridgehead atoms. The van der Waals surface area contributed by atoms with Gasteiger partial charge in [0.25, 0.3) is 0 Å². The zero-order valence-corrected chi connectivity index (χ0v) is 11.5.